The van der Waals surface area contributed by atoms with E-state index < -0.39 is 5.97 Å². The van der Waals surface area contributed by atoms with Gasteiger partial charge in [-0.15, -0.1) is 0 Å². The number of aromatic amines is 2. The molecule has 0 saturated heterocycles. The molecule has 0 amide bonds. The highest BCUT2D eigenvalue weighted by atomic mass is 32.2. The molecule has 0 bridgehead atoms. The van der Waals surface area contributed by atoms with Crippen molar-refractivity contribution in [1.82, 2.24) is 9.97 Å². The van der Waals surface area contributed by atoms with Crippen LogP contribution < -0.4 is 11.3 Å². The number of H-pyrrole nitrogens is 2. The summed E-state index contributed by atoms with van der Waals surface area (Å²) >= 11 is 1.65. The summed E-state index contributed by atoms with van der Waals surface area (Å²) in [7, 11) is 0. The van der Waals surface area contributed by atoms with Crippen LogP contribution in [-0.4, -0.2) is 21.0 Å². The number of aromatic nitrogens is 2. The largest absolute Gasteiger partial charge is 0.481 e. The number of fused-ring (bicyclic) bond motifs is 3. The van der Waals surface area contributed by atoms with Gasteiger partial charge in [-0.05, 0) is 42.5 Å². The third-order valence-corrected chi connectivity index (χ3v) is 4.88. The van der Waals surface area contributed by atoms with Crippen molar-refractivity contribution < 1.29 is 9.90 Å². The number of carboxylic acid groups (broad SMARTS) is 1. The first-order chi connectivity index (χ1) is 13.0. The maximum absolute atomic E-state index is 12.0. The molecule has 4 aromatic rings. The number of pyridine rings is 1. The molecule has 6 nitrogen and oxygen atoms in total. The molecule has 0 unspecified atom stereocenters. The summed E-state index contributed by atoms with van der Waals surface area (Å²) in [6.45, 7) is 1.60. The van der Waals surface area contributed by atoms with E-state index in [1.165, 1.54) is 0 Å². The van der Waals surface area contributed by atoms with Crippen molar-refractivity contribution >= 4 is 45.2 Å². The monoisotopic (exact) mass is 381 g/mol. The summed E-state index contributed by atoms with van der Waals surface area (Å²) in [5, 5.41) is 9.69. The fourth-order valence-corrected chi connectivity index (χ4v) is 3.53. The van der Waals surface area contributed by atoms with E-state index in [0.29, 0.717) is 5.52 Å². The molecule has 5 N–H and O–H groups in total. The first kappa shape index (κ1) is 18.6. The Kier molecular flexibility index (Phi) is 5.52. The number of carboxylic acids is 1. The van der Waals surface area contributed by atoms with Crippen LogP contribution in [0.25, 0.3) is 21.8 Å². The summed E-state index contributed by atoms with van der Waals surface area (Å²) in [5.41, 5.74) is 7.93. The zero-order chi connectivity index (χ0) is 19.4. The predicted octanol–water partition coefficient (Wildman–Crippen LogP) is 4.22. The van der Waals surface area contributed by atoms with Gasteiger partial charge in [0.15, 0.2) is 0 Å². The van der Waals surface area contributed by atoms with Crippen LogP contribution >= 0.6 is 11.8 Å². The number of nitrogens with two attached hydrogens (primary N) is 1. The maximum atomic E-state index is 12.0. The van der Waals surface area contributed by atoms with Gasteiger partial charge in [-0.1, -0.05) is 24.8 Å². The van der Waals surface area contributed by atoms with Crippen LogP contribution in [0.15, 0.2) is 69.3 Å². The normalized spacial score (nSPS) is 10.6. The highest BCUT2D eigenvalue weighted by Crippen LogP contribution is 2.32. The molecule has 0 fully saturated rings. The third-order valence-electron chi connectivity index (χ3n) is 3.90. The Balaban J connectivity index is 0.000000376. The van der Waals surface area contributed by atoms with Gasteiger partial charge in [0.25, 0.3) is 5.56 Å². The number of hydrogen-bond donors (Lipinski definition) is 4. The Morgan fingerprint density at radius 2 is 1.85 bits per heavy atom. The lowest BCUT2D eigenvalue weighted by Gasteiger charge is -2.05. The fourth-order valence-electron chi connectivity index (χ4n) is 2.60. The summed E-state index contributed by atoms with van der Waals surface area (Å²) in [6.07, 6.45) is 2.01. The van der Waals surface area contributed by atoms with E-state index in [1.54, 1.807) is 24.9 Å². The predicted molar refractivity (Wildman–Crippen MR) is 109 cm³/mol. The molecular weight excluding hydrogens is 362 g/mol. The molecule has 2 heterocycles. The second kappa shape index (κ2) is 8.01. The first-order valence-corrected chi connectivity index (χ1v) is 9.18. The van der Waals surface area contributed by atoms with E-state index in [4.69, 9.17) is 10.8 Å². The lowest BCUT2D eigenvalue weighted by atomic mass is 10.1. The van der Waals surface area contributed by atoms with Crippen molar-refractivity contribution in [1.29, 1.82) is 0 Å². The molecule has 0 aliphatic heterocycles. The van der Waals surface area contributed by atoms with Crippen LogP contribution in [0.4, 0.5) is 5.69 Å². The van der Waals surface area contributed by atoms with Crippen molar-refractivity contribution in [2.45, 2.75) is 23.1 Å². The van der Waals surface area contributed by atoms with Crippen LogP contribution in [0.3, 0.4) is 0 Å². The molecule has 0 aliphatic rings. The van der Waals surface area contributed by atoms with Gasteiger partial charge in [-0.3, -0.25) is 9.59 Å². The minimum Gasteiger partial charge on any atom is -0.481 e. The molecule has 0 saturated carbocycles. The van der Waals surface area contributed by atoms with E-state index in [1.807, 2.05) is 42.5 Å². The van der Waals surface area contributed by atoms with Crippen molar-refractivity contribution in [3.05, 3.63) is 65.1 Å². The topological polar surface area (TPSA) is 112 Å². The summed E-state index contributed by atoms with van der Waals surface area (Å²) in [6, 6.07) is 15.8. The van der Waals surface area contributed by atoms with E-state index in [9.17, 15) is 9.59 Å². The number of anilines is 1. The number of nitrogen functional groups attached to an aromatic ring is 1. The van der Waals surface area contributed by atoms with Crippen molar-refractivity contribution in [2.75, 3.05) is 5.73 Å². The Morgan fingerprint density at radius 3 is 2.56 bits per heavy atom. The van der Waals surface area contributed by atoms with Crippen LogP contribution in [0.5, 0.6) is 0 Å². The summed E-state index contributed by atoms with van der Waals surface area (Å²) < 4.78 is 0. The molecule has 2 aromatic carbocycles. The Morgan fingerprint density at radius 1 is 1.11 bits per heavy atom. The average molecular weight is 381 g/mol. The minimum atomic E-state index is -0.745. The van der Waals surface area contributed by atoms with Crippen molar-refractivity contribution in [3.8, 4) is 0 Å². The Hall–Kier alpha value is -3.19. The molecule has 2 aromatic heterocycles. The van der Waals surface area contributed by atoms with Crippen LogP contribution in [0, 0.1) is 0 Å². The van der Waals surface area contributed by atoms with E-state index in [-0.39, 0.29) is 12.0 Å². The number of nitrogens with one attached hydrogen (secondary N) is 2. The molecule has 7 heteroatoms. The standard InChI is InChI=1S/C17H13N3OS.C3H6O2/c18-10-2-1-3-11(8-10)22-12-4-5-15-14(9-12)13-6-7-19-16(13)17(21)20-15;1-2-3(4)5/h1-9,19H,18H2,(H,20,21);2H2,1H3,(H,4,5). The number of carbonyl (C=O) groups is 1. The second-order valence-corrected chi connectivity index (χ2v) is 7.00. The van der Waals surface area contributed by atoms with E-state index in [2.05, 4.69) is 16.0 Å². The highest BCUT2D eigenvalue weighted by molar-refractivity contribution is 7.99. The molecule has 0 aliphatic carbocycles. The van der Waals surface area contributed by atoms with Gasteiger partial charge in [0.05, 0.1) is 0 Å². The number of hydrogen-bond acceptors (Lipinski definition) is 4. The van der Waals surface area contributed by atoms with Gasteiger partial charge in [-0.2, -0.15) is 0 Å². The number of benzene rings is 2. The molecule has 27 heavy (non-hydrogen) atoms. The van der Waals surface area contributed by atoms with Gasteiger partial charge in [0.1, 0.15) is 5.52 Å². The SMILES string of the molecule is CCC(=O)O.Nc1cccc(Sc2ccc3[nH]c(=O)c4[nH]ccc4c3c2)c1. The average Bonchev–Trinajstić information content (AvgIpc) is 3.14. The lowest BCUT2D eigenvalue weighted by Crippen LogP contribution is -2.05. The molecule has 138 valence electrons. The third kappa shape index (κ3) is 4.32. The Bertz CT molecular complexity index is 1160. The zero-order valence-corrected chi connectivity index (χ0v) is 15.5. The second-order valence-electron chi connectivity index (χ2n) is 5.85. The molecule has 0 spiro atoms. The molecule has 0 radical (unpaired) electrons. The molecule has 4 rings (SSSR count). The van der Waals surface area contributed by atoms with Gasteiger partial charge in [0.2, 0.25) is 0 Å². The molecular formula is C20H19N3O3S. The fraction of sp³-hybridized carbons (Fsp3) is 0.100. The quantitative estimate of drug-likeness (QED) is 0.397. The first-order valence-electron chi connectivity index (χ1n) is 8.36. The van der Waals surface area contributed by atoms with Gasteiger partial charge < -0.3 is 20.8 Å². The highest BCUT2D eigenvalue weighted by Gasteiger charge is 2.07. The van der Waals surface area contributed by atoms with Crippen LogP contribution in [0.2, 0.25) is 0 Å². The minimum absolute atomic E-state index is 0.0938. The lowest BCUT2D eigenvalue weighted by molar-refractivity contribution is -0.136. The van der Waals surface area contributed by atoms with Gasteiger partial charge in [0, 0.05) is 44.4 Å². The molecule has 0 atom stereocenters. The van der Waals surface area contributed by atoms with Gasteiger partial charge >= 0.3 is 5.97 Å². The van der Waals surface area contributed by atoms with Crippen molar-refractivity contribution in [3.63, 3.8) is 0 Å². The maximum Gasteiger partial charge on any atom is 0.303 e. The zero-order valence-electron chi connectivity index (χ0n) is 14.7. The summed E-state index contributed by atoms with van der Waals surface area (Å²) in [5.74, 6) is -0.745. The van der Waals surface area contributed by atoms with Crippen molar-refractivity contribution in [2.24, 2.45) is 0 Å². The number of aliphatic carboxylic acids is 1. The van der Waals surface area contributed by atoms with Crippen LogP contribution in [-0.2, 0) is 4.79 Å². The smallest absolute Gasteiger partial charge is 0.303 e. The van der Waals surface area contributed by atoms with E-state index >= 15 is 0 Å². The summed E-state index contributed by atoms with van der Waals surface area (Å²) in [4.78, 5) is 29.4. The Labute approximate surface area is 159 Å². The van der Waals surface area contributed by atoms with E-state index in [0.717, 1.165) is 31.8 Å². The van der Waals surface area contributed by atoms with Gasteiger partial charge in [-0.25, -0.2) is 0 Å². The number of rotatable bonds is 3. The van der Waals surface area contributed by atoms with Crippen LogP contribution in [0.1, 0.15) is 13.3 Å².